The van der Waals surface area contributed by atoms with E-state index >= 15 is 0 Å². The lowest BCUT2D eigenvalue weighted by Crippen LogP contribution is -2.03. The molecule has 0 unspecified atom stereocenters. The SMILES string of the molecule is Cc1cc(C=Nc2ccc(C3CCCCC3)cc2)c(C)n1-c1ccc(Br)cc1. The Morgan fingerprint density at radius 3 is 2.29 bits per heavy atom. The summed E-state index contributed by atoms with van der Waals surface area (Å²) < 4.78 is 3.37. The number of hydrogen-bond donors (Lipinski definition) is 0. The zero-order valence-electron chi connectivity index (χ0n) is 16.7. The lowest BCUT2D eigenvalue weighted by atomic mass is 9.84. The maximum atomic E-state index is 4.74. The molecule has 0 radical (unpaired) electrons. The molecule has 0 amide bonds. The van der Waals surface area contributed by atoms with Crippen molar-refractivity contribution in [3.05, 3.63) is 81.6 Å². The Balaban J connectivity index is 1.53. The summed E-state index contributed by atoms with van der Waals surface area (Å²) in [5.41, 5.74) is 7.27. The Labute approximate surface area is 176 Å². The number of aromatic nitrogens is 1. The van der Waals surface area contributed by atoms with E-state index in [-0.39, 0.29) is 0 Å². The number of rotatable bonds is 4. The normalized spacial score (nSPS) is 15.4. The first-order valence-electron chi connectivity index (χ1n) is 10.2. The summed E-state index contributed by atoms with van der Waals surface area (Å²) in [6.07, 6.45) is 8.82. The van der Waals surface area contributed by atoms with Crippen LogP contribution < -0.4 is 0 Å². The van der Waals surface area contributed by atoms with Crippen molar-refractivity contribution in [1.82, 2.24) is 4.57 Å². The quantitative estimate of drug-likeness (QED) is 0.375. The molecular formula is C25H27BrN2. The second kappa shape index (κ2) is 8.48. The molecule has 4 rings (SSSR count). The van der Waals surface area contributed by atoms with Gasteiger partial charge in [-0.1, -0.05) is 47.3 Å². The van der Waals surface area contributed by atoms with Gasteiger partial charge < -0.3 is 4.57 Å². The largest absolute Gasteiger partial charge is 0.318 e. The van der Waals surface area contributed by atoms with Crippen molar-refractivity contribution in [2.75, 3.05) is 0 Å². The van der Waals surface area contributed by atoms with Crippen molar-refractivity contribution in [3.8, 4) is 5.69 Å². The molecule has 1 fully saturated rings. The third-order valence-corrected chi connectivity index (χ3v) is 6.41. The van der Waals surface area contributed by atoms with E-state index in [1.54, 1.807) is 0 Å². The summed E-state index contributed by atoms with van der Waals surface area (Å²) >= 11 is 3.51. The van der Waals surface area contributed by atoms with E-state index in [0.717, 1.165) is 21.6 Å². The Bertz CT molecular complexity index is 959. The van der Waals surface area contributed by atoms with E-state index in [1.165, 1.54) is 54.7 Å². The summed E-state index contributed by atoms with van der Waals surface area (Å²) in [5.74, 6) is 0.747. The number of benzene rings is 2. The van der Waals surface area contributed by atoms with E-state index in [2.05, 4.69) is 88.9 Å². The Kier molecular flexibility index (Phi) is 5.82. The second-order valence-electron chi connectivity index (χ2n) is 7.82. The summed E-state index contributed by atoms with van der Waals surface area (Å²) in [4.78, 5) is 4.74. The van der Waals surface area contributed by atoms with E-state index in [0.29, 0.717) is 0 Å². The number of nitrogens with zero attached hydrogens (tertiary/aromatic N) is 2. The van der Waals surface area contributed by atoms with Crippen molar-refractivity contribution in [3.63, 3.8) is 0 Å². The first-order chi connectivity index (χ1) is 13.6. The third kappa shape index (κ3) is 4.15. The fourth-order valence-electron chi connectivity index (χ4n) is 4.32. The van der Waals surface area contributed by atoms with Gasteiger partial charge in [0, 0.05) is 33.3 Å². The van der Waals surface area contributed by atoms with Crippen LogP contribution >= 0.6 is 15.9 Å². The zero-order chi connectivity index (χ0) is 19.5. The molecule has 1 heterocycles. The highest BCUT2D eigenvalue weighted by molar-refractivity contribution is 9.10. The van der Waals surface area contributed by atoms with Crippen LogP contribution in [0.15, 0.2) is 64.1 Å². The van der Waals surface area contributed by atoms with E-state index in [4.69, 9.17) is 4.99 Å². The summed E-state index contributed by atoms with van der Waals surface area (Å²) in [7, 11) is 0. The van der Waals surface area contributed by atoms with Gasteiger partial charge in [0.1, 0.15) is 0 Å². The molecule has 3 aromatic rings. The molecule has 0 spiro atoms. The van der Waals surface area contributed by atoms with Crippen LogP contribution in [-0.2, 0) is 0 Å². The van der Waals surface area contributed by atoms with Crippen LogP contribution in [0.3, 0.4) is 0 Å². The van der Waals surface area contributed by atoms with Gasteiger partial charge in [0.15, 0.2) is 0 Å². The molecule has 0 saturated heterocycles. The Morgan fingerprint density at radius 1 is 0.929 bits per heavy atom. The number of aryl methyl sites for hydroxylation is 1. The first kappa shape index (κ1) is 19.2. The van der Waals surface area contributed by atoms with Gasteiger partial charge in [-0.15, -0.1) is 0 Å². The highest BCUT2D eigenvalue weighted by Gasteiger charge is 2.15. The summed E-state index contributed by atoms with van der Waals surface area (Å²) in [5, 5.41) is 0. The molecule has 0 atom stereocenters. The molecule has 1 aliphatic carbocycles. The molecule has 0 N–H and O–H groups in total. The second-order valence-corrected chi connectivity index (χ2v) is 8.74. The van der Waals surface area contributed by atoms with Gasteiger partial charge in [-0.25, -0.2) is 0 Å². The topological polar surface area (TPSA) is 17.3 Å². The maximum Gasteiger partial charge on any atom is 0.0630 e. The molecule has 1 aromatic heterocycles. The Hall–Kier alpha value is -2.13. The van der Waals surface area contributed by atoms with Crippen molar-refractivity contribution in [2.24, 2.45) is 4.99 Å². The fraction of sp³-hybridized carbons (Fsp3) is 0.320. The zero-order valence-corrected chi connectivity index (χ0v) is 18.2. The summed E-state index contributed by atoms with van der Waals surface area (Å²) in [6.45, 7) is 4.30. The van der Waals surface area contributed by atoms with Gasteiger partial charge >= 0.3 is 0 Å². The molecule has 1 saturated carbocycles. The van der Waals surface area contributed by atoms with Crippen LogP contribution in [-0.4, -0.2) is 10.8 Å². The maximum absolute atomic E-state index is 4.74. The molecule has 2 aromatic carbocycles. The fourth-order valence-corrected chi connectivity index (χ4v) is 4.58. The lowest BCUT2D eigenvalue weighted by Gasteiger charge is -2.21. The molecule has 0 aliphatic heterocycles. The molecule has 28 heavy (non-hydrogen) atoms. The monoisotopic (exact) mass is 434 g/mol. The number of halogens is 1. The van der Waals surface area contributed by atoms with Gasteiger partial charge in [-0.3, -0.25) is 4.99 Å². The third-order valence-electron chi connectivity index (χ3n) is 5.88. The average molecular weight is 435 g/mol. The van der Waals surface area contributed by atoms with Gasteiger partial charge in [-0.2, -0.15) is 0 Å². The predicted molar refractivity (Wildman–Crippen MR) is 122 cm³/mol. The minimum Gasteiger partial charge on any atom is -0.318 e. The number of hydrogen-bond acceptors (Lipinski definition) is 1. The van der Waals surface area contributed by atoms with Gasteiger partial charge in [0.05, 0.1) is 5.69 Å². The van der Waals surface area contributed by atoms with Gasteiger partial charge in [-0.05, 0) is 80.6 Å². The first-order valence-corrected chi connectivity index (χ1v) is 11.0. The van der Waals surface area contributed by atoms with E-state index < -0.39 is 0 Å². The van der Waals surface area contributed by atoms with Crippen molar-refractivity contribution in [1.29, 1.82) is 0 Å². The van der Waals surface area contributed by atoms with Crippen LogP contribution in [0.4, 0.5) is 5.69 Å². The Morgan fingerprint density at radius 2 is 1.61 bits per heavy atom. The van der Waals surface area contributed by atoms with Gasteiger partial charge in [0.2, 0.25) is 0 Å². The van der Waals surface area contributed by atoms with Crippen LogP contribution in [0.25, 0.3) is 5.69 Å². The van der Waals surface area contributed by atoms with Crippen LogP contribution in [0.5, 0.6) is 0 Å². The average Bonchev–Trinajstić information content (AvgIpc) is 3.01. The van der Waals surface area contributed by atoms with Gasteiger partial charge in [0.25, 0.3) is 0 Å². The predicted octanol–water partition coefficient (Wildman–Crippen LogP) is 7.65. The van der Waals surface area contributed by atoms with E-state index in [9.17, 15) is 0 Å². The number of aliphatic imine (C=N–C) groups is 1. The van der Waals surface area contributed by atoms with E-state index in [1.807, 2.05) is 6.21 Å². The minimum atomic E-state index is 0.747. The minimum absolute atomic E-state index is 0.747. The highest BCUT2D eigenvalue weighted by Crippen LogP contribution is 2.33. The van der Waals surface area contributed by atoms with Crippen LogP contribution in [0.2, 0.25) is 0 Å². The van der Waals surface area contributed by atoms with Crippen molar-refractivity contribution >= 4 is 27.8 Å². The van der Waals surface area contributed by atoms with Crippen LogP contribution in [0.1, 0.15) is 60.5 Å². The molecular weight excluding hydrogens is 408 g/mol. The molecule has 1 aliphatic rings. The van der Waals surface area contributed by atoms with Crippen molar-refractivity contribution in [2.45, 2.75) is 51.9 Å². The lowest BCUT2D eigenvalue weighted by molar-refractivity contribution is 0.443. The highest BCUT2D eigenvalue weighted by atomic mass is 79.9. The molecule has 3 heteroatoms. The standard InChI is InChI=1S/C25H27BrN2/c1-18-16-22(19(2)28(18)25-14-10-23(26)11-15-25)17-27-24-12-8-21(9-13-24)20-6-4-3-5-7-20/h8-17,20H,3-7H2,1-2H3. The van der Waals surface area contributed by atoms with Crippen molar-refractivity contribution < 1.29 is 0 Å². The van der Waals surface area contributed by atoms with Crippen LogP contribution in [0, 0.1) is 13.8 Å². The molecule has 0 bridgehead atoms. The molecule has 2 nitrogen and oxygen atoms in total. The summed E-state index contributed by atoms with van der Waals surface area (Å²) in [6, 6.07) is 19.5. The molecule has 144 valence electrons. The smallest absolute Gasteiger partial charge is 0.0630 e.